The third-order valence-corrected chi connectivity index (χ3v) is 2.02. The zero-order valence-corrected chi connectivity index (χ0v) is 8.03. The van der Waals surface area contributed by atoms with Gasteiger partial charge >= 0.3 is 0 Å². The van der Waals surface area contributed by atoms with Gasteiger partial charge in [-0.3, -0.25) is 4.79 Å². The van der Waals surface area contributed by atoms with E-state index in [9.17, 15) is 13.6 Å². The Hall–Kier alpha value is -1.16. The van der Waals surface area contributed by atoms with Gasteiger partial charge in [-0.05, 0) is 6.92 Å². The lowest BCUT2D eigenvalue weighted by Gasteiger charge is -2.05. The van der Waals surface area contributed by atoms with E-state index in [1.807, 2.05) is 0 Å². The molecule has 0 atom stereocenters. The molecule has 76 valence electrons. The van der Waals surface area contributed by atoms with Gasteiger partial charge in [0.05, 0.1) is 0 Å². The minimum absolute atomic E-state index is 0.377. The monoisotopic (exact) mass is 220 g/mol. The second-order valence-electron chi connectivity index (χ2n) is 2.86. The molecule has 0 fully saturated rings. The molecule has 0 bridgehead atoms. The second-order valence-corrected chi connectivity index (χ2v) is 3.24. The van der Waals surface area contributed by atoms with Crippen molar-refractivity contribution >= 4 is 17.4 Å². The third-order valence-electron chi connectivity index (χ3n) is 1.66. The van der Waals surface area contributed by atoms with Crippen LogP contribution in [-0.2, 0) is 11.2 Å². The van der Waals surface area contributed by atoms with Crippen molar-refractivity contribution in [1.29, 1.82) is 0 Å². The average Bonchev–Trinajstić information content (AvgIpc) is 2.09. The molecule has 0 aliphatic carbocycles. The van der Waals surface area contributed by atoms with Crippen molar-refractivity contribution < 1.29 is 18.7 Å². The maximum Gasteiger partial charge on any atom is 0.152 e. The number of ketones is 1. The Balaban J connectivity index is 3.29. The molecule has 0 aromatic heterocycles. The van der Waals surface area contributed by atoms with Gasteiger partial charge in [-0.15, -0.1) is 0 Å². The van der Waals surface area contributed by atoms with Crippen molar-refractivity contribution in [3.8, 4) is 5.75 Å². The standard InChI is InChI=1S/C9H7ClF2O2/c1-4(13)2-5-6(11)3-7(14)8(10)9(5)12/h3,14H,2H2,1H3. The molecule has 0 saturated carbocycles. The van der Waals surface area contributed by atoms with Gasteiger partial charge in [0.2, 0.25) is 0 Å². The van der Waals surface area contributed by atoms with Gasteiger partial charge in [-0.25, -0.2) is 8.78 Å². The smallest absolute Gasteiger partial charge is 0.152 e. The van der Waals surface area contributed by atoms with Crippen LogP contribution in [0, 0.1) is 11.6 Å². The van der Waals surface area contributed by atoms with E-state index < -0.39 is 28.0 Å². The van der Waals surface area contributed by atoms with E-state index in [-0.39, 0.29) is 12.2 Å². The Morgan fingerprint density at radius 1 is 1.57 bits per heavy atom. The molecule has 2 nitrogen and oxygen atoms in total. The van der Waals surface area contributed by atoms with Crippen LogP contribution in [0.25, 0.3) is 0 Å². The van der Waals surface area contributed by atoms with Crippen LogP contribution >= 0.6 is 11.6 Å². The van der Waals surface area contributed by atoms with Crippen molar-refractivity contribution in [3.63, 3.8) is 0 Å². The van der Waals surface area contributed by atoms with Gasteiger partial charge in [0.1, 0.15) is 22.4 Å². The number of carbonyl (C=O) groups is 1. The van der Waals surface area contributed by atoms with Crippen LogP contribution in [0.2, 0.25) is 5.02 Å². The van der Waals surface area contributed by atoms with Crippen molar-refractivity contribution in [3.05, 3.63) is 28.3 Å². The van der Waals surface area contributed by atoms with Gasteiger partial charge in [-0.2, -0.15) is 0 Å². The minimum Gasteiger partial charge on any atom is -0.506 e. The normalized spacial score (nSPS) is 10.3. The first-order valence-corrected chi connectivity index (χ1v) is 4.16. The SMILES string of the molecule is CC(=O)Cc1c(F)cc(O)c(Cl)c1F. The highest BCUT2D eigenvalue weighted by molar-refractivity contribution is 6.32. The lowest BCUT2D eigenvalue weighted by Crippen LogP contribution is -2.03. The topological polar surface area (TPSA) is 37.3 Å². The first-order chi connectivity index (χ1) is 6.43. The molecule has 1 N–H and O–H groups in total. The molecule has 0 amide bonds. The van der Waals surface area contributed by atoms with E-state index in [2.05, 4.69) is 0 Å². The van der Waals surface area contributed by atoms with Crippen molar-refractivity contribution in [2.45, 2.75) is 13.3 Å². The molecule has 0 radical (unpaired) electrons. The Kier molecular flexibility index (Phi) is 3.06. The Labute approximate surface area is 84.1 Å². The molecule has 1 aromatic carbocycles. The fourth-order valence-electron chi connectivity index (χ4n) is 1.03. The number of phenols is 1. The van der Waals surface area contributed by atoms with Gasteiger partial charge < -0.3 is 5.11 Å². The third kappa shape index (κ3) is 2.01. The summed E-state index contributed by atoms with van der Waals surface area (Å²) in [4.78, 5) is 10.7. The molecule has 14 heavy (non-hydrogen) atoms. The van der Waals surface area contributed by atoms with E-state index in [1.54, 1.807) is 0 Å². The molecule has 0 heterocycles. The summed E-state index contributed by atoms with van der Waals surface area (Å²) >= 11 is 5.34. The van der Waals surface area contributed by atoms with Gasteiger partial charge in [0.25, 0.3) is 0 Å². The van der Waals surface area contributed by atoms with Crippen LogP contribution in [0.15, 0.2) is 6.07 Å². The molecule has 0 aliphatic heterocycles. The van der Waals surface area contributed by atoms with Crippen LogP contribution in [0.1, 0.15) is 12.5 Å². The molecule has 0 aliphatic rings. The average molecular weight is 221 g/mol. The highest BCUT2D eigenvalue weighted by Gasteiger charge is 2.17. The number of Topliss-reactive ketones (excluding diaryl/α,β-unsaturated/α-hetero) is 1. The van der Waals surface area contributed by atoms with Crippen molar-refractivity contribution in [2.75, 3.05) is 0 Å². The zero-order chi connectivity index (χ0) is 10.9. The number of benzene rings is 1. The Morgan fingerprint density at radius 3 is 2.64 bits per heavy atom. The summed E-state index contributed by atoms with van der Waals surface area (Å²) in [5.74, 6) is -3.11. The van der Waals surface area contributed by atoms with Gasteiger partial charge in [0.15, 0.2) is 5.82 Å². The first-order valence-electron chi connectivity index (χ1n) is 3.78. The van der Waals surface area contributed by atoms with Crippen molar-refractivity contribution in [2.24, 2.45) is 0 Å². The number of hydrogen-bond donors (Lipinski definition) is 1. The largest absolute Gasteiger partial charge is 0.506 e. The molecular formula is C9H7ClF2O2. The Morgan fingerprint density at radius 2 is 2.14 bits per heavy atom. The van der Waals surface area contributed by atoms with Crippen LogP contribution in [-0.4, -0.2) is 10.9 Å². The summed E-state index contributed by atoms with van der Waals surface area (Å²) in [6.07, 6.45) is -0.377. The predicted molar refractivity (Wildman–Crippen MR) is 47.4 cm³/mol. The van der Waals surface area contributed by atoms with Crippen LogP contribution < -0.4 is 0 Å². The molecular weight excluding hydrogens is 214 g/mol. The van der Waals surface area contributed by atoms with Crippen LogP contribution in [0.5, 0.6) is 5.75 Å². The summed E-state index contributed by atoms with van der Waals surface area (Å²) in [6.45, 7) is 1.21. The zero-order valence-electron chi connectivity index (χ0n) is 7.27. The fraction of sp³-hybridized carbons (Fsp3) is 0.222. The van der Waals surface area contributed by atoms with Gasteiger partial charge in [0, 0.05) is 18.1 Å². The number of carbonyl (C=O) groups excluding carboxylic acids is 1. The lowest BCUT2D eigenvalue weighted by atomic mass is 10.1. The van der Waals surface area contributed by atoms with Gasteiger partial charge in [-0.1, -0.05) is 11.6 Å². The number of hydrogen-bond acceptors (Lipinski definition) is 2. The molecule has 0 spiro atoms. The quantitative estimate of drug-likeness (QED) is 0.778. The summed E-state index contributed by atoms with van der Waals surface area (Å²) < 4.78 is 26.2. The van der Waals surface area contributed by atoms with E-state index in [0.29, 0.717) is 6.07 Å². The molecule has 0 unspecified atom stereocenters. The maximum atomic E-state index is 13.2. The second kappa shape index (κ2) is 3.92. The summed E-state index contributed by atoms with van der Waals surface area (Å²) in [7, 11) is 0. The van der Waals surface area contributed by atoms with E-state index >= 15 is 0 Å². The highest BCUT2D eigenvalue weighted by Crippen LogP contribution is 2.30. The van der Waals surface area contributed by atoms with Crippen LogP contribution in [0.3, 0.4) is 0 Å². The Bertz CT molecular complexity index is 391. The fourth-order valence-corrected chi connectivity index (χ4v) is 1.20. The molecule has 1 aromatic rings. The number of halogens is 3. The minimum atomic E-state index is -1.08. The summed E-state index contributed by atoms with van der Waals surface area (Å²) in [6, 6.07) is 0.684. The summed E-state index contributed by atoms with van der Waals surface area (Å²) in [5.41, 5.74) is -0.416. The maximum absolute atomic E-state index is 13.2. The number of aromatic hydroxyl groups is 1. The van der Waals surface area contributed by atoms with E-state index in [1.165, 1.54) is 6.92 Å². The van der Waals surface area contributed by atoms with E-state index in [4.69, 9.17) is 16.7 Å². The highest BCUT2D eigenvalue weighted by atomic mass is 35.5. The van der Waals surface area contributed by atoms with E-state index in [0.717, 1.165) is 0 Å². The lowest BCUT2D eigenvalue weighted by molar-refractivity contribution is -0.116. The molecule has 5 heteroatoms. The number of phenolic OH excluding ortho intramolecular Hbond substituents is 1. The van der Waals surface area contributed by atoms with Crippen molar-refractivity contribution in [1.82, 2.24) is 0 Å². The predicted octanol–water partition coefficient (Wildman–Crippen LogP) is 2.46. The first kappa shape index (κ1) is 10.9. The summed E-state index contributed by atoms with van der Waals surface area (Å²) in [5, 5.41) is 8.38. The molecule has 1 rings (SSSR count). The number of rotatable bonds is 2. The van der Waals surface area contributed by atoms with Crippen LogP contribution in [0.4, 0.5) is 8.78 Å². The molecule has 0 saturated heterocycles.